The quantitative estimate of drug-likeness (QED) is 0.556. The van der Waals surface area contributed by atoms with Gasteiger partial charge in [-0.2, -0.15) is 0 Å². The van der Waals surface area contributed by atoms with Crippen LogP contribution in [0.5, 0.6) is 0 Å². The molecule has 1 atom stereocenters. The average Bonchev–Trinajstić information content (AvgIpc) is 2.64. The number of benzene rings is 2. The molecule has 0 aliphatic rings. The largest absolute Gasteiger partial charge is 0.451 e. The number of aromatic nitrogens is 1. The summed E-state index contributed by atoms with van der Waals surface area (Å²) in [6.45, 7) is 5.12. The predicted molar refractivity (Wildman–Crippen MR) is 105 cm³/mol. The van der Waals surface area contributed by atoms with E-state index in [9.17, 15) is 14.4 Å². The highest BCUT2D eigenvalue weighted by molar-refractivity contribution is 5.94. The second-order valence-corrected chi connectivity index (χ2v) is 6.74. The van der Waals surface area contributed by atoms with Gasteiger partial charge in [0, 0.05) is 16.8 Å². The number of para-hydroxylation sites is 2. The molecule has 1 amide bonds. The van der Waals surface area contributed by atoms with E-state index in [2.05, 4.69) is 5.32 Å². The molecule has 3 rings (SSSR count). The van der Waals surface area contributed by atoms with Crippen LogP contribution < -0.4 is 10.7 Å². The lowest BCUT2D eigenvalue weighted by Gasteiger charge is -2.18. The van der Waals surface area contributed by atoms with Gasteiger partial charge in [0.2, 0.25) is 0 Å². The standard InChI is InChI=1S/C21H22N2O4/c1-13(2)22-21(26)14(3)27-19(24)12-23-17-10-6-4-8-15(17)20(25)16-9-5-7-11-18(16)23/h4-11,13-14H,12H2,1-3H3,(H,22,26). The van der Waals surface area contributed by atoms with Crippen molar-refractivity contribution >= 4 is 33.7 Å². The van der Waals surface area contributed by atoms with Crippen LogP contribution >= 0.6 is 0 Å². The molecule has 1 heterocycles. The third-order valence-electron chi connectivity index (χ3n) is 4.27. The number of pyridine rings is 1. The fraction of sp³-hybridized carbons (Fsp3) is 0.286. The fourth-order valence-electron chi connectivity index (χ4n) is 3.07. The summed E-state index contributed by atoms with van der Waals surface area (Å²) in [6, 6.07) is 14.3. The molecule has 1 unspecified atom stereocenters. The van der Waals surface area contributed by atoms with E-state index in [-0.39, 0.29) is 23.9 Å². The number of nitrogens with zero attached hydrogens (tertiary/aromatic N) is 1. The zero-order valence-electron chi connectivity index (χ0n) is 15.6. The first-order valence-corrected chi connectivity index (χ1v) is 8.88. The molecule has 6 heteroatoms. The van der Waals surface area contributed by atoms with E-state index in [0.717, 1.165) is 0 Å². The molecule has 0 spiro atoms. The molecule has 0 saturated heterocycles. The maximum absolute atomic E-state index is 12.7. The van der Waals surface area contributed by atoms with Crippen LogP contribution in [0.25, 0.3) is 21.8 Å². The summed E-state index contributed by atoms with van der Waals surface area (Å²) in [6.07, 6.45) is -0.892. The van der Waals surface area contributed by atoms with E-state index in [1.807, 2.05) is 26.0 Å². The third-order valence-corrected chi connectivity index (χ3v) is 4.27. The Kier molecular flexibility index (Phi) is 5.26. The van der Waals surface area contributed by atoms with Crippen LogP contribution in [0.1, 0.15) is 20.8 Å². The lowest BCUT2D eigenvalue weighted by Crippen LogP contribution is -2.40. The number of hydrogen-bond acceptors (Lipinski definition) is 4. The Labute approximate surface area is 156 Å². The minimum atomic E-state index is -0.892. The van der Waals surface area contributed by atoms with E-state index < -0.39 is 12.1 Å². The molecule has 0 aliphatic carbocycles. The lowest BCUT2D eigenvalue weighted by atomic mass is 10.1. The van der Waals surface area contributed by atoms with Gasteiger partial charge in [-0.05, 0) is 45.0 Å². The predicted octanol–water partition coefficient (Wildman–Crippen LogP) is 2.61. The van der Waals surface area contributed by atoms with Crippen molar-refractivity contribution in [2.24, 2.45) is 0 Å². The van der Waals surface area contributed by atoms with Gasteiger partial charge in [-0.25, -0.2) is 0 Å². The Morgan fingerprint density at radius 1 is 0.963 bits per heavy atom. The smallest absolute Gasteiger partial charge is 0.326 e. The highest BCUT2D eigenvalue weighted by Gasteiger charge is 2.20. The molecule has 1 aromatic heterocycles. The molecule has 0 bridgehead atoms. The van der Waals surface area contributed by atoms with Gasteiger partial charge < -0.3 is 14.6 Å². The lowest BCUT2D eigenvalue weighted by molar-refractivity contribution is -0.155. The van der Waals surface area contributed by atoms with Gasteiger partial charge in [0.25, 0.3) is 5.91 Å². The molecule has 2 aromatic carbocycles. The number of hydrogen-bond donors (Lipinski definition) is 1. The summed E-state index contributed by atoms with van der Waals surface area (Å²) in [4.78, 5) is 37.2. The molecule has 0 fully saturated rings. The van der Waals surface area contributed by atoms with E-state index in [1.54, 1.807) is 41.0 Å². The second kappa shape index (κ2) is 7.61. The Balaban J connectivity index is 1.96. The van der Waals surface area contributed by atoms with Crippen molar-refractivity contribution in [2.45, 2.75) is 39.5 Å². The summed E-state index contributed by atoms with van der Waals surface area (Å²) in [5.41, 5.74) is 1.23. The number of esters is 1. The maximum Gasteiger partial charge on any atom is 0.326 e. The molecular formula is C21H22N2O4. The highest BCUT2D eigenvalue weighted by atomic mass is 16.5. The maximum atomic E-state index is 12.7. The van der Waals surface area contributed by atoms with Gasteiger partial charge in [-0.15, -0.1) is 0 Å². The number of nitrogens with one attached hydrogen (secondary N) is 1. The van der Waals surface area contributed by atoms with Crippen molar-refractivity contribution in [1.29, 1.82) is 0 Å². The zero-order valence-corrected chi connectivity index (χ0v) is 15.6. The molecule has 3 aromatic rings. The van der Waals surface area contributed by atoms with Gasteiger partial charge in [0.05, 0.1) is 11.0 Å². The topological polar surface area (TPSA) is 77.4 Å². The van der Waals surface area contributed by atoms with Crippen molar-refractivity contribution in [2.75, 3.05) is 0 Å². The van der Waals surface area contributed by atoms with E-state index >= 15 is 0 Å². The van der Waals surface area contributed by atoms with Crippen LogP contribution in [0.2, 0.25) is 0 Å². The number of amides is 1. The third kappa shape index (κ3) is 3.84. The van der Waals surface area contributed by atoms with Gasteiger partial charge in [-0.1, -0.05) is 24.3 Å². The number of rotatable bonds is 5. The van der Waals surface area contributed by atoms with Crippen molar-refractivity contribution in [3.05, 3.63) is 58.8 Å². The molecule has 0 aliphatic heterocycles. The first-order chi connectivity index (χ1) is 12.9. The van der Waals surface area contributed by atoms with Crippen LogP contribution in [-0.4, -0.2) is 28.6 Å². The van der Waals surface area contributed by atoms with Crippen molar-refractivity contribution in [1.82, 2.24) is 9.88 Å². The van der Waals surface area contributed by atoms with Crippen LogP contribution in [-0.2, 0) is 20.9 Å². The summed E-state index contributed by atoms with van der Waals surface area (Å²) in [5.74, 6) is -0.881. The molecule has 1 N–H and O–H groups in total. The molecule has 6 nitrogen and oxygen atoms in total. The van der Waals surface area contributed by atoms with Crippen LogP contribution in [0, 0.1) is 0 Å². The summed E-state index contributed by atoms with van der Waals surface area (Å²) in [5, 5.41) is 3.79. The molecular weight excluding hydrogens is 344 g/mol. The molecule has 0 saturated carbocycles. The van der Waals surface area contributed by atoms with Crippen molar-refractivity contribution < 1.29 is 14.3 Å². The van der Waals surface area contributed by atoms with E-state index in [4.69, 9.17) is 4.74 Å². The van der Waals surface area contributed by atoms with Crippen molar-refractivity contribution in [3.63, 3.8) is 0 Å². The van der Waals surface area contributed by atoms with E-state index in [0.29, 0.717) is 21.8 Å². The Morgan fingerprint density at radius 2 is 1.48 bits per heavy atom. The van der Waals surface area contributed by atoms with Crippen molar-refractivity contribution in [3.8, 4) is 0 Å². The highest BCUT2D eigenvalue weighted by Crippen LogP contribution is 2.19. The van der Waals surface area contributed by atoms with Gasteiger partial charge >= 0.3 is 5.97 Å². The zero-order chi connectivity index (χ0) is 19.6. The SMILES string of the molecule is CC(C)NC(=O)C(C)OC(=O)Cn1c2ccccc2c(=O)c2ccccc21. The normalized spacial score (nSPS) is 12.3. The Hall–Kier alpha value is -3.15. The molecule has 27 heavy (non-hydrogen) atoms. The Morgan fingerprint density at radius 3 is 2.00 bits per heavy atom. The van der Waals surface area contributed by atoms with Gasteiger partial charge in [0.15, 0.2) is 11.5 Å². The molecule has 140 valence electrons. The monoisotopic (exact) mass is 366 g/mol. The second-order valence-electron chi connectivity index (χ2n) is 6.74. The summed E-state index contributed by atoms with van der Waals surface area (Å²) >= 11 is 0. The number of ether oxygens (including phenoxy) is 1. The van der Waals surface area contributed by atoms with E-state index in [1.165, 1.54) is 6.92 Å². The average molecular weight is 366 g/mol. The number of carbonyl (C=O) groups is 2. The summed E-state index contributed by atoms with van der Waals surface area (Å²) in [7, 11) is 0. The van der Waals surface area contributed by atoms with Crippen LogP contribution in [0.4, 0.5) is 0 Å². The fourth-order valence-corrected chi connectivity index (χ4v) is 3.07. The number of carbonyl (C=O) groups excluding carboxylic acids is 2. The minimum absolute atomic E-state index is 0.0366. The van der Waals surface area contributed by atoms with Crippen LogP contribution in [0.3, 0.4) is 0 Å². The first-order valence-electron chi connectivity index (χ1n) is 8.88. The molecule has 0 radical (unpaired) electrons. The first kappa shape index (κ1) is 18.6. The summed E-state index contributed by atoms with van der Waals surface area (Å²) < 4.78 is 7.05. The minimum Gasteiger partial charge on any atom is -0.451 e. The number of fused-ring (bicyclic) bond motifs is 2. The van der Waals surface area contributed by atoms with Crippen LogP contribution in [0.15, 0.2) is 53.3 Å². The Bertz CT molecular complexity index is 1010. The van der Waals surface area contributed by atoms with Gasteiger partial charge in [0.1, 0.15) is 6.54 Å². The van der Waals surface area contributed by atoms with Gasteiger partial charge in [-0.3, -0.25) is 14.4 Å².